The number of furan rings is 1. The van der Waals surface area contributed by atoms with Crippen LogP contribution in [-0.4, -0.2) is 10.1 Å². The van der Waals surface area contributed by atoms with Crippen molar-refractivity contribution in [2.24, 2.45) is 0 Å². The molecule has 2 aromatic rings. The van der Waals surface area contributed by atoms with E-state index >= 15 is 0 Å². The Labute approximate surface area is 92.6 Å². The fourth-order valence-corrected chi connectivity index (χ4v) is 1.65. The maximum atomic E-state index is 12.8. The van der Waals surface area contributed by atoms with Crippen molar-refractivity contribution >= 4 is 0 Å². The summed E-state index contributed by atoms with van der Waals surface area (Å²) in [5, 5.41) is 10.5. The Morgan fingerprint density at radius 1 is 1.44 bits per heavy atom. The Morgan fingerprint density at radius 3 is 2.75 bits per heavy atom. The molecule has 3 nitrogen and oxygen atoms in total. The van der Waals surface area contributed by atoms with Crippen molar-refractivity contribution < 1.29 is 13.9 Å². The zero-order chi connectivity index (χ0) is 11.6. The number of rotatable bonds is 3. The third-order valence-electron chi connectivity index (χ3n) is 2.66. The Bertz CT molecular complexity index is 452. The minimum absolute atomic E-state index is 0.415. The third kappa shape index (κ3) is 1.72. The Morgan fingerprint density at radius 2 is 2.25 bits per heavy atom. The molecule has 1 N–H and O–H groups in total. The van der Waals surface area contributed by atoms with Crippen LogP contribution in [0.4, 0.5) is 4.39 Å². The van der Waals surface area contributed by atoms with Crippen LogP contribution in [0.1, 0.15) is 24.6 Å². The van der Waals surface area contributed by atoms with Gasteiger partial charge in [0.1, 0.15) is 11.4 Å². The van der Waals surface area contributed by atoms with Gasteiger partial charge in [-0.25, -0.2) is 4.39 Å². The van der Waals surface area contributed by atoms with Gasteiger partial charge in [-0.2, -0.15) is 0 Å². The highest BCUT2D eigenvalue weighted by atomic mass is 19.1. The van der Waals surface area contributed by atoms with Gasteiger partial charge in [0.15, 0.2) is 0 Å². The highest BCUT2D eigenvalue weighted by molar-refractivity contribution is 5.29. The lowest BCUT2D eigenvalue weighted by Crippen LogP contribution is -2.26. The average molecular weight is 221 g/mol. The summed E-state index contributed by atoms with van der Waals surface area (Å²) in [5.41, 5.74) is -0.187. The van der Waals surface area contributed by atoms with E-state index in [1.165, 1.54) is 24.7 Å². The average Bonchev–Trinajstić information content (AvgIpc) is 2.83. The first kappa shape index (κ1) is 10.8. The van der Waals surface area contributed by atoms with Gasteiger partial charge in [0.2, 0.25) is 0 Å². The monoisotopic (exact) mass is 221 g/mol. The summed E-state index contributed by atoms with van der Waals surface area (Å²) >= 11 is 0. The van der Waals surface area contributed by atoms with Gasteiger partial charge in [-0.3, -0.25) is 4.98 Å². The number of aliphatic hydroxyl groups is 1. The zero-order valence-electron chi connectivity index (χ0n) is 8.85. The topological polar surface area (TPSA) is 46.3 Å². The molecule has 0 spiro atoms. The first-order valence-corrected chi connectivity index (χ1v) is 5.04. The number of hydrogen-bond donors (Lipinski definition) is 1. The predicted octanol–water partition coefficient (Wildman–Crippen LogP) is 2.46. The van der Waals surface area contributed by atoms with Crippen LogP contribution in [0.3, 0.4) is 0 Å². The number of nitrogens with zero attached hydrogens (tertiary/aromatic N) is 1. The molecule has 0 radical (unpaired) electrons. The van der Waals surface area contributed by atoms with Gasteiger partial charge >= 0.3 is 0 Å². The van der Waals surface area contributed by atoms with Crippen molar-refractivity contribution in [3.05, 3.63) is 54.0 Å². The maximum Gasteiger partial charge on any atom is 0.141 e. The van der Waals surface area contributed by atoms with Crippen LogP contribution in [0.15, 0.2) is 41.3 Å². The smallest absolute Gasteiger partial charge is 0.141 e. The van der Waals surface area contributed by atoms with Crippen LogP contribution in [-0.2, 0) is 5.60 Å². The number of pyridine rings is 1. The van der Waals surface area contributed by atoms with Crippen LogP contribution in [0.25, 0.3) is 0 Å². The van der Waals surface area contributed by atoms with Crippen molar-refractivity contribution in [3.63, 3.8) is 0 Å². The van der Waals surface area contributed by atoms with Crippen LogP contribution in [0.2, 0.25) is 0 Å². The van der Waals surface area contributed by atoms with E-state index in [-0.39, 0.29) is 0 Å². The van der Waals surface area contributed by atoms with E-state index in [1.54, 1.807) is 6.07 Å². The van der Waals surface area contributed by atoms with E-state index in [0.29, 0.717) is 17.7 Å². The second-order valence-electron chi connectivity index (χ2n) is 3.59. The quantitative estimate of drug-likeness (QED) is 0.865. The molecule has 0 saturated carbocycles. The second-order valence-corrected chi connectivity index (χ2v) is 3.59. The van der Waals surface area contributed by atoms with Gasteiger partial charge in [-0.1, -0.05) is 6.92 Å². The molecule has 0 aromatic carbocycles. The lowest BCUT2D eigenvalue weighted by atomic mass is 9.89. The zero-order valence-corrected chi connectivity index (χ0v) is 8.85. The molecular weight excluding hydrogens is 209 g/mol. The summed E-state index contributed by atoms with van der Waals surface area (Å²) in [4.78, 5) is 3.91. The molecule has 0 aliphatic heterocycles. The van der Waals surface area contributed by atoms with Crippen LogP contribution >= 0.6 is 0 Å². The highest BCUT2D eigenvalue weighted by Crippen LogP contribution is 2.31. The standard InChI is InChI=1S/C12H12FNO2/c1-2-12(15,9-5-6-16-8-9)11-4-3-10(13)7-14-11/h3-8,15H,2H2,1H3. The first-order chi connectivity index (χ1) is 7.66. The van der Waals surface area contributed by atoms with Crippen LogP contribution in [0.5, 0.6) is 0 Å². The molecule has 0 amide bonds. The van der Waals surface area contributed by atoms with E-state index in [2.05, 4.69) is 4.98 Å². The maximum absolute atomic E-state index is 12.8. The molecule has 1 unspecified atom stereocenters. The molecular formula is C12H12FNO2. The second kappa shape index (κ2) is 4.06. The summed E-state index contributed by atoms with van der Waals surface area (Å²) in [6.07, 6.45) is 4.48. The largest absolute Gasteiger partial charge is 0.472 e. The van der Waals surface area contributed by atoms with E-state index in [9.17, 15) is 9.50 Å². The number of aromatic nitrogens is 1. The Hall–Kier alpha value is -1.68. The molecule has 0 fully saturated rings. The molecule has 84 valence electrons. The van der Waals surface area contributed by atoms with E-state index < -0.39 is 11.4 Å². The predicted molar refractivity (Wildman–Crippen MR) is 56.2 cm³/mol. The molecule has 1 atom stereocenters. The Kier molecular flexibility index (Phi) is 2.75. The normalized spacial score (nSPS) is 14.7. The minimum atomic E-state index is -1.22. The van der Waals surface area contributed by atoms with Gasteiger partial charge in [0.25, 0.3) is 0 Å². The molecule has 0 bridgehead atoms. The summed E-state index contributed by atoms with van der Waals surface area (Å²) in [5.74, 6) is -0.422. The lowest BCUT2D eigenvalue weighted by molar-refractivity contribution is 0.0711. The van der Waals surface area contributed by atoms with Crippen LogP contribution < -0.4 is 0 Å². The van der Waals surface area contributed by atoms with Gasteiger partial charge in [-0.05, 0) is 24.6 Å². The van der Waals surface area contributed by atoms with Crippen molar-refractivity contribution in [2.75, 3.05) is 0 Å². The summed E-state index contributed by atoms with van der Waals surface area (Å²) in [6, 6.07) is 4.43. The van der Waals surface area contributed by atoms with E-state index in [0.717, 1.165) is 6.20 Å². The van der Waals surface area contributed by atoms with E-state index in [4.69, 9.17) is 4.42 Å². The highest BCUT2D eigenvalue weighted by Gasteiger charge is 2.31. The molecule has 16 heavy (non-hydrogen) atoms. The Balaban J connectivity index is 2.46. The van der Waals surface area contributed by atoms with Crippen molar-refractivity contribution in [1.29, 1.82) is 0 Å². The molecule has 0 saturated heterocycles. The molecule has 4 heteroatoms. The van der Waals surface area contributed by atoms with E-state index in [1.807, 2.05) is 6.92 Å². The SMILES string of the molecule is CCC(O)(c1ccoc1)c1ccc(F)cn1. The lowest BCUT2D eigenvalue weighted by Gasteiger charge is -2.24. The van der Waals surface area contributed by atoms with Gasteiger partial charge in [0, 0.05) is 5.56 Å². The fourth-order valence-electron chi connectivity index (χ4n) is 1.65. The molecule has 2 heterocycles. The number of halogens is 1. The summed E-state index contributed by atoms with van der Waals surface area (Å²) in [7, 11) is 0. The minimum Gasteiger partial charge on any atom is -0.472 e. The molecule has 0 aliphatic carbocycles. The fraction of sp³-hybridized carbons (Fsp3) is 0.250. The first-order valence-electron chi connectivity index (χ1n) is 5.04. The van der Waals surface area contributed by atoms with Crippen molar-refractivity contribution in [3.8, 4) is 0 Å². The van der Waals surface area contributed by atoms with Gasteiger partial charge in [-0.15, -0.1) is 0 Å². The van der Waals surface area contributed by atoms with Crippen molar-refractivity contribution in [1.82, 2.24) is 4.98 Å². The molecule has 2 rings (SSSR count). The van der Waals surface area contributed by atoms with Crippen molar-refractivity contribution in [2.45, 2.75) is 18.9 Å². The summed E-state index contributed by atoms with van der Waals surface area (Å²) < 4.78 is 17.7. The van der Waals surface area contributed by atoms with Gasteiger partial charge < -0.3 is 9.52 Å². The number of hydrogen-bond acceptors (Lipinski definition) is 3. The molecule has 2 aromatic heterocycles. The van der Waals surface area contributed by atoms with Crippen LogP contribution in [0, 0.1) is 5.82 Å². The molecule has 0 aliphatic rings. The summed E-state index contributed by atoms with van der Waals surface area (Å²) in [6.45, 7) is 1.83. The third-order valence-corrected chi connectivity index (χ3v) is 2.66. The van der Waals surface area contributed by atoms with Gasteiger partial charge in [0.05, 0.1) is 24.4 Å².